The third-order valence-corrected chi connectivity index (χ3v) is 5.81. The predicted molar refractivity (Wildman–Crippen MR) is 118 cm³/mol. The van der Waals surface area contributed by atoms with Crippen LogP contribution in [0.3, 0.4) is 0 Å². The molecule has 0 bridgehead atoms. The van der Waals surface area contributed by atoms with Crippen molar-refractivity contribution in [1.29, 1.82) is 0 Å². The van der Waals surface area contributed by atoms with Crippen molar-refractivity contribution in [3.63, 3.8) is 0 Å². The molecule has 2 nitrogen and oxygen atoms in total. The van der Waals surface area contributed by atoms with Gasteiger partial charge in [0.15, 0.2) is 0 Å². The molecule has 134 valence electrons. The van der Waals surface area contributed by atoms with Crippen molar-refractivity contribution >= 4 is 33.5 Å². The molecule has 0 spiro atoms. The minimum Gasteiger partial charge on any atom is -0.256 e. The van der Waals surface area contributed by atoms with E-state index in [2.05, 4.69) is 87.3 Å². The van der Waals surface area contributed by atoms with Gasteiger partial charge < -0.3 is 0 Å². The quantitative estimate of drug-likeness (QED) is 0.358. The van der Waals surface area contributed by atoms with Crippen LogP contribution in [-0.4, -0.2) is 11.2 Å². The molecule has 0 atom stereocenters. The van der Waals surface area contributed by atoms with Crippen molar-refractivity contribution in [2.75, 3.05) is 0 Å². The third kappa shape index (κ3) is 3.69. The number of aryl methyl sites for hydroxylation is 4. The van der Waals surface area contributed by atoms with Gasteiger partial charge in [0, 0.05) is 11.8 Å². The number of nitrogens with zero attached hydrogens (tertiary/aromatic N) is 2. The van der Waals surface area contributed by atoms with E-state index in [1.165, 1.54) is 32.5 Å². The van der Waals surface area contributed by atoms with E-state index in [1.807, 2.05) is 6.21 Å². The summed E-state index contributed by atoms with van der Waals surface area (Å²) in [6, 6.07) is 19.1. The molecule has 3 heteroatoms. The van der Waals surface area contributed by atoms with Crippen LogP contribution in [0.25, 0.3) is 20.8 Å². The molecule has 0 amide bonds. The van der Waals surface area contributed by atoms with E-state index in [0.29, 0.717) is 0 Å². The van der Waals surface area contributed by atoms with Gasteiger partial charge in [-0.05, 0) is 86.3 Å². The molecule has 0 fully saturated rings. The maximum Gasteiger partial charge on any atom is 0.124 e. The highest BCUT2D eigenvalue weighted by atomic mass is 32.1. The topological polar surface area (TPSA) is 25.2 Å². The van der Waals surface area contributed by atoms with E-state index >= 15 is 0 Å². The Labute approximate surface area is 164 Å². The van der Waals surface area contributed by atoms with E-state index in [1.54, 1.807) is 11.3 Å². The largest absolute Gasteiger partial charge is 0.256 e. The van der Waals surface area contributed by atoms with Crippen LogP contribution in [0.2, 0.25) is 0 Å². The molecule has 27 heavy (non-hydrogen) atoms. The summed E-state index contributed by atoms with van der Waals surface area (Å²) in [5, 5.41) is 1.05. The normalized spacial score (nSPS) is 11.6. The first kappa shape index (κ1) is 17.6. The lowest BCUT2D eigenvalue weighted by Gasteiger charge is -2.06. The van der Waals surface area contributed by atoms with Gasteiger partial charge in [-0.25, -0.2) is 4.98 Å². The van der Waals surface area contributed by atoms with E-state index < -0.39 is 0 Å². The van der Waals surface area contributed by atoms with Crippen LogP contribution in [0.4, 0.5) is 5.69 Å². The van der Waals surface area contributed by atoms with Gasteiger partial charge in [0.1, 0.15) is 5.01 Å². The molecule has 0 radical (unpaired) electrons. The van der Waals surface area contributed by atoms with Crippen molar-refractivity contribution in [2.45, 2.75) is 27.7 Å². The number of hydrogen-bond acceptors (Lipinski definition) is 3. The summed E-state index contributed by atoms with van der Waals surface area (Å²) in [7, 11) is 0. The smallest absolute Gasteiger partial charge is 0.124 e. The Morgan fingerprint density at radius 3 is 2.22 bits per heavy atom. The Hall–Kier alpha value is -2.78. The lowest BCUT2D eigenvalue weighted by molar-refractivity contribution is 1.30. The van der Waals surface area contributed by atoms with E-state index in [-0.39, 0.29) is 0 Å². The van der Waals surface area contributed by atoms with E-state index in [4.69, 9.17) is 4.98 Å². The first-order valence-electron chi connectivity index (χ1n) is 9.09. The van der Waals surface area contributed by atoms with Gasteiger partial charge in [-0.15, -0.1) is 11.3 Å². The van der Waals surface area contributed by atoms with Gasteiger partial charge in [-0.2, -0.15) is 0 Å². The number of aromatic nitrogens is 1. The molecular weight excluding hydrogens is 348 g/mol. The van der Waals surface area contributed by atoms with Gasteiger partial charge >= 0.3 is 0 Å². The average molecular weight is 371 g/mol. The number of aliphatic imine (C=N–C) groups is 1. The molecule has 1 aromatic heterocycles. The van der Waals surface area contributed by atoms with Gasteiger partial charge in [0.2, 0.25) is 0 Å². The molecule has 4 aromatic rings. The molecule has 0 saturated carbocycles. The zero-order valence-corrected chi connectivity index (χ0v) is 16.9. The first-order chi connectivity index (χ1) is 13.0. The summed E-state index contributed by atoms with van der Waals surface area (Å²) in [5.74, 6) is 0. The van der Waals surface area contributed by atoms with Crippen LogP contribution in [0.15, 0.2) is 59.6 Å². The third-order valence-electron chi connectivity index (χ3n) is 4.74. The highest BCUT2D eigenvalue weighted by Gasteiger charge is 2.06. The Bertz CT molecular complexity index is 1130. The van der Waals surface area contributed by atoms with Crippen molar-refractivity contribution in [1.82, 2.24) is 4.98 Å². The summed E-state index contributed by atoms with van der Waals surface area (Å²) in [5.41, 5.74) is 9.43. The molecule has 1 heterocycles. The van der Waals surface area contributed by atoms with Crippen LogP contribution in [0.5, 0.6) is 0 Å². The Morgan fingerprint density at radius 1 is 0.815 bits per heavy atom. The van der Waals surface area contributed by atoms with Crippen molar-refractivity contribution in [2.24, 2.45) is 4.99 Å². The number of hydrogen-bond donors (Lipinski definition) is 0. The van der Waals surface area contributed by atoms with Crippen LogP contribution >= 0.6 is 11.3 Å². The van der Waals surface area contributed by atoms with Crippen molar-refractivity contribution in [3.8, 4) is 10.6 Å². The van der Waals surface area contributed by atoms with Gasteiger partial charge in [0.25, 0.3) is 0 Å². The van der Waals surface area contributed by atoms with Crippen LogP contribution in [0, 0.1) is 27.7 Å². The summed E-state index contributed by atoms with van der Waals surface area (Å²) in [6.07, 6.45) is 1.97. The van der Waals surface area contributed by atoms with Crippen molar-refractivity contribution in [3.05, 3.63) is 82.4 Å². The second-order valence-corrected chi connectivity index (χ2v) is 8.14. The Kier molecular flexibility index (Phi) is 4.63. The molecule has 0 unspecified atom stereocenters. The summed E-state index contributed by atoms with van der Waals surface area (Å²) in [4.78, 5) is 9.43. The molecule has 3 aromatic carbocycles. The van der Waals surface area contributed by atoms with Crippen LogP contribution in [0.1, 0.15) is 27.8 Å². The van der Waals surface area contributed by atoms with Crippen molar-refractivity contribution < 1.29 is 0 Å². The SMILES string of the molecule is Cc1cc(C)c(C=Nc2ccc(-c3nc4ccc(C)cc4s3)cc2)c(C)c1. The summed E-state index contributed by atoms with van der Waals surface area (Å²) < 4.78 is 1.23. The fraction of sp³-hybridized carbons (Fsp3) is 0.167. The molecule has 4 rings (SSSR count). The fourth-order valence-corrected chi connectivity index (χ4v) is 4.45. The maximum absolute atomic E-state index is 4.76. The Morgan fingerprint density at radius 2 is 1.52 bits per heavy atom. The minimum atomic E-state index is 0.954. The molecule has 0 aliphatic carbocycles. The van der Waals surface area contributed by atoms with Gasteiger partial charge in [-0.1, -0.05) is 23.8 Å². The zero-order valence-electron chi connectivity index (χ0n) is 16.1. The summed E-state index contributed by atoms with van der Waals surface area (Å²) in [6.45, 7) is 8.52. The van der Waals surface area contributed by atoms with Crippen LogP contribution in [-0.2, 0) is 0 Å². The fourth-order valence-electron chi connectivity index (χ4n) is 3.38. The lowest BCUT2D eigenvalue weighted by atomic mass is 10.0. The zero-order chi connectivity index (χ0) is 19.0. The Balaban J connectivity index is 1.60. The molecular formula is C24H22N2S. The predicted octanol–water partition coefficient (Wildman–Crippen LogP) is 6.95. The lowest BCUT2D eigenvalue weighted by Crippen LogP contribution is -1.93. The summed E-state index contributed by atoms with van der Waals surface area (Å²) >= 11 is 1.74. The standard InChI is InChI=1S/C24H22N2S/c1-15-5-10-22-23(13-15)27-24(26-22)19-6-8-20(9-7-19)25-14-21-17(3)11-16(2)12-18(21)4/h5-14H,1-4H3. The second-order valence-electron chi connectivity index (χ2n) is 7.11. The van der Waals surface area contributed by atoms with Gasteiger partial charge in [-0.3, -0.25) is 4.99 Å². The molecule has 0 saturated heterocycles. The highest BCUT2D eigenvalue weighted by molar-refractivity contribution is 7.21. The molecule has 0 N–H and O–H groups in total. The first-order valence-corrected chi connectivity index (χ1v) is 9.91. The number of fused-ring (bicyclic) bond motifs is 1. The maximum atomic E-state index is 4.76. The van der Waals surface area contributed by atoms with E-state index in [0.717, 1.165) is 21.8 Å². The monoisotopic (exact) mass is 370 g/mol. The minimum absolute atomic E-state index is 0.954. The number of rotatable bonds is 3. The highest BCUT2D eigenvalue weighted by Crippen LogP contribution is 2.31. The molecule has 0 aliphatic rings. The number of benzene rings is 3. The second kappa shape index (κ2) is 7.09. The van der Waals surface area contributed by atoms with Gasteiger partial charge in [0.05, 0.1) is 15.9 Å². The van der Waals surface area contributed by atoms with E-state index in [9.17, 15) is 0 Å². The number of thiazole rings is 1. The molecule has 0 aliphatic heterocycles. The average Bonchev–Trinajstić information content (AvgIpc) is 3.04. The van der Waals surface area contributed by atoms with Crippen LogP contribution < -0.4 is 0 Å².